The van der Waals surface area contributed by atoms with E-state index in [4.69, 9.17) is 13.9 Å². The van der Waals surface area contributed by atoms with Crippen LogP contribution in [0.5, 0.6) is 11.5 Å². The standard InChI is InChI=1S/C19H24N2O4/c1-13-16-10-18(24-3)17(23-2)9-14(16)6-7-21(13)12-19(22)20-11-15-5-4-8-25-15/h4-5,8-10,13H,6-7,11-12H2,1-3H3,(H,20,22)/t13-/m1/s1. The number of benzene rings is 1. The van der Waals surface area contributed by atoms with Crippen molar-refractivity contribution in [1.82, 2.24) is 10.2 Å². The van der Waals surface area contributed by atoms with E-state index in [0.29, 0.717) is 13.1 Å². The summed E-state index contributed by atoms with van der Waals surface area (Å²) in [5.41, 5.74) is 2.43. The average Bonchev–Trinajstić information content (AvgIpc) is 3.15. The molecular formula is C19H24N2O4. The number of hydrogen-bond acceptors (Lipinski definition) is 5. The number of amides is 1. The van der Waals surface area contributed by atoms with Gasteiger partial charge in [0.2, 0.25) is 5.91 Å². The van der Waals surface area contributed by atoms with E-state index in [1.807, 2.05) is 24.3 Å². The molecule has 1 aliphatic rings. The van der Waals surface area contributed by atoms with Gasteiger partial charge in [0.05, 0.1) is 33.6 Å². The number of methoxy groups -OCH3 is 2. The molecule has 134 valence electrons. The molecule has 0 aliphatic carbocycles. The lowest BCUT2D eigenvalue weighted by Crippen LogP contribution is -2.41. The van der Waals surface area contributed by atoms with Crippen LogP contribution in [0.25, 0.3) is 0 Å². The van der Waals surface area contributed by atoms with Crippen molar-refractivity contribution in [3.63, 3.8) is 0 Å². The number of furan rings is 1. The highest BCUT2D eigenvalue weighted by Gasteiger charge is 2.27. The SMILES string of the molecule is COc1cc2c(cc1OC)[C@@H](C)N(CC(=O)NCc1ccco1)CC2. The number of fused-ring (bicyclic) bond motifs is 1. The number of hydrogen-bond donors (Lipinski definition) is 1. The van der Waals surface area contributed by atoms with Crippen molar-refractivity contribution in [3.8, 4) is 11.5 Å². The molecule has 1 aromatic carbocycles. The van der Waals surface area contributed by atoms with E-state index in [1.165, 1.54) is 11.1 Å². The van der Waals surface area contributed by atoms with Crippen LogP contribution in [0.2, 0.25) is 0 Å². The molecule has 25 heavy (non-hydrogen) atoms. The van der Waals surface area contributed by atoms with E-state index in [2.05, 4.69) is 17.1 Å². The Morgan fingerprint density at radius 1 is 1.32 bits per heavy atom. The lowest BCUT2D eigenvalue weighted by Gasteiger charge is -2.35. The second kappa shape index (κ2) is 7.61. The van der Waals surface area contributed by atoms with Crippen molar-refractivity contribution >= 4 is 5.91 Å². The summed E-state index contributed by atoms with van der Waals surface area (Å²) in [5, 5.41) is 2.90. The lowest BCUT2D eigenvalue weighted by molar-refractivity contribution is -0.123. The molecule has 1 aromatic heterocycles. The summed E-state index contributed by atoms with van der Waals surface area (Å²) in [6.07, 6.45) is 2.48. The molecule has 0 fully saturated rings. The van der Waals surface area contributed by atoms with Crippen molar-refractivity contribution < 1.29 is 18.7 Å². The van der Waals surface area contributed by atoms with Gasteiger partial charge in [-0.05, 0) is 48.7 Å². The van der Waals surface area contributed by atoms with E-state index in [1.54, 1.807) is 20.5 Å². The molecule has 2 heterocycles. The van der Waals surface area contributed by atoms with Crippen molar-refractivity contribution in [1.29, 1.82) is 0 Å². The van der Waals surface area contributed by atoms with Gasteiger partial charge in [0.1, 0.15) is 5.76 Å². The third-order valence-electron chi connectivity index (χ3n) is 4.70. The third kappa shape index (κ3) is 3.79. The van der Waals surface area contributed by atoms with E-state index in [9.17, 15) is 4.79 Å². The average molecular weight is 344 g/mol. The van der Waals surface area contributed by atoms with Gasteiger partial charge < -0.3 is 19.2 Å². The Hall–Kier alpha value is -2.47. The first-order chi connectivity index (χ1) is 12.1. The first-order valence-corrected chi connectivity index (χ1v) is 8.40. The van der Waals surface area contributed by atoms with E-state index < -0.39 is 0 Å². The lowest BCUT2D eigenvalue weighted by atomic mass is 9.93. The first kappa shape index (κ1) is 17.4. The number of nitrogens with one attached hydrogen (secondary N) is 1. The van der Waals surface area contributed by atoms with Crippen molar-refractivity contribution in [2.24, 2.45) is 0 Å². The zero-order chi connectivity index (χ0) is 17.8. The van der Waals surface area contributed by atoms with Gasteiger partial charge in [0, 0.05) is 12.6 Å². The molecule has 6 heteroatoms. The number of ether oxygens (including phenoxy) is 2. The monoisotopic (exact) mass is 344 g/mol. The normalized spacial score (nSPS) is 17.0. The first-order valence-electron chi connectivity index (χ1n) is 8.40. The molecule has 0 bridgehead atoms. The Kier molecular flexibility index (Phi) is 5.28. The highest BCUT2D eigenvalue weighted by molar-refractivity contribution is 5.78. The molecule has 2 aromatic rings. The second-order valence-electron chi connectivity index (χ2n) is 6.16. The molecular weight excluding hydrogens is 320 g/mol. The fourth-order valence-electron chi connectivity index (χ4n) is 3.25. The van der Waals surface area contributed by atoms with Crippen LogP contribution >= 0.6 is 0 Å². The van der Waals surface area contributed by atoms with Crippen LogP contribution < -0.4 is 14.8 Å². The molecule has 1 amide bonds. The van der Waals surface area contributed by atoms with Gasteiger partial charge in [-0.15, -0.1) is 0 Å². The predicted molar refractivity (Wildman–Crippen MR) is 93.8 cm³/mol. The van der Waals surface area contributed by atoms with Crippen molar-refractivity contribution in [2.75, 3.05) is 27.3 Å². The molecule has 3 rings (SSSR count). The number of carbonyl (C=O) groups excluding carboxylic acids is 1. The topological polar surface area (TPSA) is 63.9 Å². The van der Waals surface area contributed by atoms with Gasteiger partial charge in [0.15, 0.2) is 11.5 Å². The van der Waals surface area contributed by atoms with Gasteiger partial charge >= 0.3 is 0 Å². The molecule has 0 saturated carbocycles. The molecule has 1 aliphatic heterocycles. The molecule has 0 radical (unpaired) electrons. The Morgan fingerprint density at radius 2 is 2.08 bits per heavy atom. The minimum absolute atomic E-state index is 0.00724. The summed E-state index contributed by atoms with van der Waals surface area (Å²) in [7, 11) is 3.28. The fourth-order valence-corrected chi connectivity index (χ4v) is 3.25. The maximum absolute atomic E-state index is 12.2. The van der Waals surface area contributed by atoms with Crippen molar-refractivity contribution in [2.45, 2.75) is 25.9 Å². The Labute approximate surface area is 147 Å². The summed E-state index contributed by atoms with van der Waals surface area (Å²) >= 11 is 0. The molecule has 6 nitrogen and oxygen atoms in total. The summed E-state index contributed by atoms with van der Waals surface area (Å²) in [6.45, 7) is 3.72. The highest BCUT2D eigenvalue weighted by atomic mass is 16.5. The smallest absolute Gasteiger partial charge is 0.234 e. The zero-order valence-electron chi connectivity index (χ0n) is 14.9. The summed E-state index contributed by atoms with van der Waals surface area (Å²) in [6, 6.07) is 7.86. The molecule has 0 unspecified atom stereocenters. The van der Waals surface area contributed by atoms with Crippen LogP contribution in [0.1, 0.15) is 29.9 Å². The molecule has 1 atom stereocenters. The third-order valence-corrected chi connectivity index (χ3v) is 4.70. The summed E-state index contributed by atoms with van der Waals surface area (Å²) in [4.78, 5) is 14.4. The molecule has 1 N–H and O–H groups in total. The van der Waals surface area contributed by atoms with Crippen molar-refractivity contribution in [3.05, 3.63) is 47.4 Å². The van der Waals surface area contributed by atoms with Gasteiger partial charge in [-0.25, -0.2) is 0 Å². The van der Waals surface area contributed by atoms with Gasteiger partial charge in [0.25, 0.3) is 0 Å². The highest BCUT2D eigenvalue weighted by Crippen LogP contribution is 2.37. The zero-order valence-corrected chi connectivity index (χ0v) is 14.9. The van der Waals surface area contributed by atoms with Crippen LogP contribution in [-0.4, -0.2) is 38.1 Å². The van der Waals surface area contributed by atoms with Gasteiger partial charge in [-0.1, -0.05) is 0 Å². The largest absolute Gasteiger partial charge is 0.493 e. The summed E-state index contributed by atoms with van der Waals surface area (Å²) in [5.74, 6) is 2.21. The van der Waals surface area contributed by atoms with E-state index in [-0.39, 0.29) is 11.9 Å². The Balaban J connectivity index is 1.66. The number of nitrogens with zero attached hydrogens (tertiary/aromatic N) is 1. The number of carbonyl (C=O) groups is 1. The van der Waals surface area contributed by atoms with Crippen LogP contribution in [0.15, 0.2) is 34.9 Å². The fraction of sp³-hybridized carbons (Fsp3) is 0.421. The minimum Gasteiger partial charge on any atom is -0.493 e. The number of rotatable bonds is 6. The summed E-state index contributed by atoms with van der Waals surface area (Å²) < 4.78 is 16.0. The Morgan fingerprint density at radius 3 is 2.76 bits per heavy atom. The van der Waals surface area contributed by atoms with Crippen LogP contribution in [0, 0.1) is 0 Å². The molecule has 0 spiro atoms. The Bertz CT molecular complexity index is 727. The van der Waals surface area contributed by atoms with Gasteiger partial charge in [-0.3, -0.25) is 9.69 Å². The van der Waals surface area contributed by atoms with Crippen LogP contribution in [-0.2, 0) is 17.8 Å². The second-order valence-corrected chi connectivity index (χ2v) is 6.16. The van der Waals surface area contributed by atoms with E-state index >= 15 is 0 Å². The van der Waals surface area contributed by atoms with Crippen LogP contribution in [0.3, 0.4) is 0 Å². The van der Waals surface area contributed by atoms with Gasteiger partial charge in [-0.2, -0.15) is 0 Å². The minimum atomic E-state index is -0.00724. The maximum atomic E-state index is 12.2. The molecule has 0 saturated heterocycles. The predicted octanol–water partition coefficient (Wildman–Crippen LogP) is 2.53. The van der Waals surface area contributed by atoms with E-state index in [0.717, 1.165) is 30.2 Å². The van der Waals surface area contributed by atoms with Crippen LogP contribution in [0.4, 0.5) is 0 Å². The quantitative estimate of drug-likeness (QED) is 0.872. The maximum Gasteiger partial charge on any atom is 0.234 e.